The normalized spacial score (nSPS) is 20.9. The Balaban J connectivity index is 1.56. The molecule has 1 spiro atoms. The second-order valence-electron chi connectivity index (χ2n) is 10.9. The Morgan fingerprint density at radius 3 is 2.02 bits per heavy atom. The molecule has 8 nitrogen and oxygen atoms in total. The molecule has 7 rings (SSSR count). The zero-order valence-corrected chi connectivity index (χ0v) is 23.8. The summed E-state index contributed by atoms with van der Waals surface area (Å²) in [7, 11) is 4.63. The highest BCUT2D eigenvalue weighted by atomic mass is 16.5. The van der Waals surface area contributed by atoms with Crippen LogP contribution in [0.1, 0.15) is 59.7 Å². The molecule has 1 unspecified atom stereocenters. The Kier molecular flexibility index (Phi) is 6.16. The average Bonchev–Trinajstić information content (AvgIpc) is 3.50. The van der Waals surface area contributed by atoms with Crippen LogP contribution in [0.25, 0.3) is 0 Å². The van der Waals surface area contributed by atoms with Crippen molar-refractivity contribution in [3.8, 4) is 17.2 Å². The first-order valence-electron chi connectivity index (χ1n) is 14.0. The maximum atomic E-state index is 14.9. The van der Waals surface area contributed by atoms with Gasteiger partial charge in [0, 0.05) is 28.2 Å². The summed E-state index contributed by atoms with van der Waals surface area (Å²) < 4.78 is 16.7. The van der Waals surface area contributed by atoms with E-state index in [0.29, 0.717) is 39.5 Å². The van der Waals surface area contributed by atoms with Crippen molar-refractivity contribution < 1.29 is 28.6 Å². The van der Waals surface area contributed by atoms with Gasteiger partial charge in [0.15, 0.2) is 17.3 Å². The summed E-state index contributed by atoms with van der Waals surface area (Å²) in [6.07, 6.45) is 1.69. The van der Waals surface area contributed by atoms with Gasteiger partial charge in [0.1, 0.15) is 28.7 Å². The Hall–Kier alpha value is -5.24. The first kappa shape index (κ1) is 26.6. The number of ether oxygens (including phenoxy) is 3. The number of nitrogens with zero attached hydrogens (tertiary/aromatic N) is 2. The van der Waals surface area contributed by atoms with Crippen molar-refractivity contribution in [2.45, 2.75) is 18.0 Å². The van der Waals surface area contributed by atoms with Crippen LogP contribution in [-0.2, 0) is 0 Å². The molecular formula is C35H28N2O6. The molecule has 43 heavy (non-hydrogen) atoms. The van der Waals surface area contributed by atoms with E-state index in [1.165, 1.54) is 7.11 Å². The molecule has 8 heteroatoms. The summed E-state index contributed by atoms with van der Waals surface area (Å²) in [5.41, 5.74) is 1.41. The fraction of sp³-hybridized carbons (Fsp3) is 0.200. The highest BCUT2D eigenvalue weighted by molar-refractivity contribution is 6.31. The largest absolute Gasteiger partial charge is 0.497 e. The van der Waals surface area contributed by atoms with Gasteiger partial charge in [0.25, 0.3) is 0 Å². The highest BCUT2D eigenvalue weighted by Crippen LogP contribution is 2.65. The lowest BCUT2D eigenvalue weighted by molar-refractivity contribution is 0.0585. The number of carbonyl (C=O) groups is 3. The minimum atomic E-state index is -1.72. The second-order valence-corrected chi connectivity index (χ2v) is 10.9. The SMILES string of the molecule is COc1ccc(C(=O)[C@@H]2[C@@H](c3cc(OC)ccc3OC)C3(C(=O)c4ccccc4C3=O)C3c4ccccc4C=NN32)cc1. The molecule has 2 aliphatic heterocycles. The first-order chi connectivity index (χ1) is 20.9. The topological polar surface area (TPSA) is 94.5 Å². The van der Waals surface area contributed by atoms with Gasteiger partial charge in [-0.1, -0.05) is 48.5 Å². The van der Waals surface area contributed by atoms with E-state index in [2.05, 4.69) is 0 Å². The summed E-state index contributed by atoms with van der Waals surface area (Å²) in [4.78, 5) is 44.6. The number of rotatable bonds is 6. The number of carbonyl (C=O) groups excluding carboxylic acids is 3. The van der Waals surface area contributed by atoms with E-state index in [1.807, 2.05) is 24.3 Å². The number of Topliss-reactive ketones (excluding diaryl/α,β-unsaturated/α-hetero) is 3. The molecule has 1 saturated heterocycles. The molecule has 0 saturated carbocycles. The van der Waals surface area contributed by atoms with Gasteiger partial charge < -0.3 is 14.2 Å². The number of ketones is 3. The van der Waals surface area contributed by atoms with E-state index in [4.69, 9.17) is 19.3 Å². The summed E-state index contributed by atoms with van der Waals surface area (Å²) >= 11 is 0. The van der Waals surface area contributed by atoms with Crippen LogP contribution in [0.4, 0.5) is 0 Å². The standard InChI is InChI=1S/C35H28N2O6/c1-41-22-14-12-20(13-15-22)31(38)30-29(27-18-23(42-2)16-17-28(27)43-3)35(33(39)25-10-6-7-11-26(25)34(35)40)32-24-9-5-4-8-21(24)19-36-37(30)32/h4-19,29-30,32H,1-3H3/t29-,30+,32?/m1/s1. The first-order valence-corrected chi connectivity index (χ1v) is 14.0. The molecule has 3 atom stereocenters. The van der Waals surface area contributed by atoms with E-state index in [-0.39, 0.29) is 17.3 Å². The number of hydrogen-bond acceptors (Lipinski definition) is 8. The van der Waals surface area contributed by atoms with E-state index >= 15 is 0 Å². The van der Waals surface area contributed by atoms with E-state index in [1.54, 1.807) is 92.2 Å². The van der Waals surface area contributed by atoms with Gasteiger partial charge in [-0.25, -0.2) is 0 Å². The summed E-state index contributed by atoms with van der Waals surface area (Å²) in [6, 6.07) is 24.6. The third-order valence-corrected chi connectivity index (χ3v) is 8.99. The predicted octanol–water partition coefficient (Wildman–Crippen LogP) is 5.52. The lowest BCUT2D eigenvalue weighted by Gasteiger charge is -2.36. The van der Waals surface area contributed by atoms with Gasteiger partial charge in [0.05, 0.1) is 33.6 Å². The summed E-state index contributed by atoms with van der Waals surface area (Å²) in [5.74, 6) is -0.396. The van der Waals surface area contributed by atoms with Gasteiger partial charge in [-0.3, -0.25) is 19.4 Å². The van der Waals surface area contributed by atoms with Crippen LogP contribution in [0.15, 0.2) is 96.1 Å². The Morgan fingerprint density at radius 2 is 1.37 bits per heavy atom. The van der Waals surface area contributed by atoms with Crippen molar-refractivity contribution in [2.24, 2.45) is 10.5 Å². The quantitative estimate of drug-likeness (QED) is 0.222. The minimum absolute atomic E-state index is 0.285. The Labute approximate surface area is 248 Å². The molecule has 3 aliphatic rings. The number of hydrogen-bond donors (Lipinski definition) is 0. The monoisotopic (exact) mass is 572 g/mol. The molecule has 1 fully saturated rings. The van der Waals surface area contributed by atoms with Crippen LogP contribution in [0.5, 0.6) is 17.2 Å². The molecular weight excluding hydrogens is 544 g/mol. The molecule has 1 aliphatic carbocycles. The molecule has 214 valence electrons. The van der Waals surface area contributed by atoms with Crippen LogP contribution in [-0.4, -0.2) is 55.9 Å². The summed E-state index contributed by atoms with van der Waals surface area (Å²) in [5, 5.41) is 6.47. The molecule has 0 bridgehead atoms. The number of fused-ring (bicyclic) bond motifs is 5. The maximum Gasteiger partial charge on any atom is 0.187 e. The van der Waals surface area contributed by atoms with Crippen molar-refractivity contribution in [2.75, 3.05) is 21.3 Å². The molecule has 2 heterocycles. The van der Waals surface area contributed by atoms with E-state index in [9.17, 15) is 14.4 Å². The highest BCUT2D eigenvalue weighted by Gasteiger charge is 2.73. The van der Waals surface area contributed by atoms with Crippen LogP contribution < -0.4 is 14.2 Å². The Bertz CT molecular complexity index is 1790. The fourth-order valence-corrected chi connectivity index (χ4v) is 7.13. The lowest BCUT2D eigenvalue weighted by atomic mass is 9.62. The van der Waals surface area contributed by atoms with Gasteiger partial charge >= 0.3 is 0 Å². The molecule has 4 aromatic carbocycles. The maximum absolute atomic E-state index is 14.9. The smallest absolute Gasteiger partial charge is 0.187 e. The van der Waals surface area contributed by atoms with Gasteiger partial charge in [-0.05, 0) is 53.6 Å². The van der Waals surface area contributed by atoms with Crippen molar-refractivity contribution in [3.05, 3.63) is 124 Å². The fourth-order valence-electron chi connectivity index (χ4n) is 7.13. The van der Waals surface area contributed by atoms with Gasteiger partial charge in [-0.15, -0.1) is 0 Å². The van der Waals surface area contributed by atoms with Crippen LogP contribution in [0, 0.1) is 5.41 Å². The zero-order valence-electron chi connectivity index (χ0n) is 23.8. The number of methoxy groups -OCH3 is 3. The van der Waals surface area contributed by atoms with Crippen molar-refractivity contribution in [3.63, 3.8) is 0 Å². The van der Waals surface area contributed by atoms with Crippen molar-refractivity contribution in [1.82, 2.24) is 5.01 Å². The molecule has 0 amide bonds. The van der Waals surface area contributed by atoms with Crippen LogP contribution in [0.2, 0.25) is 0 Å². The average molecular weight is 573 g/mol. The zero-order chi connectivity index (χ0) is 29.9. The van der Waals surface area contributed by atoms with E-state index < -0.39 is 23.4 Å². The lowest BCUT2D eigenvalue weighted by Crippen LogP contribution is -2.44. The number of benzene rings is 4. The third-order valence-electron chi connectivity index (χ3n) is 8.99. The predicted molar refractivity (Wildman–Crippen MR) is 160 cm³/mol. The second kappa shape index (κ2) is 9.94. The molecule has 4 aromatic rings. The van der Waals surface area contributed by atoms with Gasteiger partial charge in [0.2, 0.25) is 0 Å². The van der Waals surface area contributed by atoms with Crippen molar-refractivity contribution in [1.29, 1.82) is 0 Å². The number of hydrazone groups is 1. The van der Waals surface area contributed by atoms with Crippen LogP contribution >= 0.6 is 0 Å². The third kappa shape index (κ3) is 3.62. The molecule has 0 radical (unpaired) electrons. The van der Waals surface area contributed by atoms with Gasteiger partial charge in [-0.2, -0.15) is 5.10 Å². The van der Waals surface area contributed by atoms with Crippen LogP contribution in [0.3, 0.4) is 0 Å². The van der Waals surface area contributed by atoms with E-state index in [0.717, 1.165) is 11.1 Å². The van der Waals surface area contributed by atoms with Crippen molar-refractivity contribution >= 4 is 23.6 Å². The Morgan fingerprint density at radius 1 is 0.744 bits per heavy atom. The molecule has 0 N–H and O–H groups in total. The minimum Gasteiger partial charge on any atom is -0.497 e. The molecule has 0 aromatic heterocycles. The summed E-state index contributed by atoms with van der Waals surface area (Å²) in [6.45, 7) is 0.